The Bertz CT molecular complexity index is 818. The summed E-state index contributed by atoms with van der Waals surface area (Å²) in [5, 5.41) is 4.15. The number of carbonyl (C=O) groups is 1. The molecule has 0 saturated heterocycles. The predicted molar refractivity (Wildman–Crippen MR) is 92.1 cm³/mol. The lowest BCUT2D eigenvalue weighted by Crippen LogP contribution is -2.42. The third-order valence-electron chi connectivity index (χ3n) is 3.91. The number of likely N-dealkylation sites (N-methyl/N-ethyl adjacent to an activating group) is 1. The normalized spacial score (nSPS) is 15.7. The largest absolute Gasteiger partial charge is 0.486 e. The molecule has 1 atom stereocenters. The smallest absolute Gasteiger partial charge is 0.274 e. The number of carbonyl (C=O) groups excluding carboxylic acids is 1. The molecule has 0 saturated carbocycles. The van der Waals surface area contributed by atoms with Crippen molar-refractivity contribution in [3.63, 3.8) is 0 Å². The van der Waals surface area contributed by atoms with Crippen LogP contribution in [0.15, 0.2) is 41.2 Å². The molecule has 3 rings (SSSR count). The Hall–Kier alpha value is -2.83. The molecule has 0 fully saturated rings. The minimum absolute atomic E-state index is 0.207. The van der Waals surface area contributed by atoms with Crippen molar-refractivity contribution >= 4 is 5.91 Å². The molecule has 1 aliphatic heterocycles. The maximum absolute atomic E-state index is 12.6. The maximum Gasteiger partial charge on any atom is 0.274 e. The van der Waals surface area contributed by atoms with Crippen LogP contribution >= 0.6 is 0 Å². The molecular weight excluding hydrogens is 322 g/mol. The first-order valence-electron chi connectivity index (χ1n) is 8.30. The van der Waals surface area contributed by atoms with Crippen molar-refractivity contribution in [2.24, 2.45) is 0 Å². The van der Waals surface area contributed by atoms with Gasteiger partial charge in [-0.15, -0.1) is 0 Å². The zero-order valence-electron chi connectivity index (χ0n) is 14.3. The molecule has 0 radical (unpaired) electrons. The molecule has 2 aromatic rings. The Labute approximate surface area is 145 Å². The van der Waals surface area contributed by atoms with E-state index in [1.54, 1.807) is 7.05 Å². The fourth-order valence-electron chi connectivity index (χ4n) is 2.67. The highest BCUT2D eigenvalue weighted by molar-refractivity contribution is 5.91. The van der Waals surface area contributed by atoms with Gasteiger partial charge in [-0.1, -0.05) is 19.1 Å². The minimum atomic E-state index is -0.259. The van der Waals surface area contributed by atoms with Crippen molar-refractivity contribution < 1.29 is 14.3 Å². The van der Waals surface area contributed by atoms with Crippen LogP contribution < -0.4 is 15.0 Å². The number of hydrogen-bond acceptors (Lipinski definition) is 5. The molecule has 1 aromatic carbocycles. The van der Waals surface area contributed by atoms with Crippen molar-refractivity contribution in [1.82, 2.24) is 14.7 Å². The highest BCUT2D eigenvalue weighted by atomic mass is 16.6. The number of aryl methyl sites for hydroxylation is 1. The molecule has 0 aliphatic carbocycles. The summed E-state index contributed by atoms with van der Waals surface area (Å²) >= 11 is 0. The van der Waals surface area contributed by atoms with Gasteiger partial charge in [0.2, 0.25) is 0 Å². The molecule has 0 bridgehead atoms. The second-order valence-electron chi connectivity index (χ2n) is 5.96. The Morgan fingerprint density at radius 3 is 2.80 bits per heavy atom. The Morgan fingerprint density at radius 1 is 1.28 bits per heavy atom. The fourth-order valence-corrected chi connectivity index (χ4v) is 2.67. The molecule has 7 heteroatoms. The second-order valence-corrected chi connectivity index (χ2v) is 5.96. The zero-order valence-corrected chi connectivity index (χ0v) is 14.3. The van der Waals surface area contributed by atoms with Crippen molar-refractivity contribution in [1.29, 1.82) is 0 Å². The minimum Gasteiger partial charge on any atom is -0.486 e. The summed E-state index contributed by atoms with van der Waals surface area (Å²) in [7, 11) is 1.68. The standard InChI is InChI=1S/C18H21N3O4/c1-3-10-21-17(22)9-8-14(19-21)18(23)20(2)11-13-12-24-15-6-4-5-7-16(15)25-13/h4-9,13H,3,10-12H2,1-2H3/t13-/m1/s1. The number of fused-ring (bicyclic) bond motifs is 1. The summed E-state index contributed by atoms with van der Waals surface area (Å²) < 4.78 is 12.9. The van der Waals surface area contributed by atoms with Crippen molar-refractivity contribution in [3.05, 3.63) is 52.4 Å². The number of ether oxygens (including phenoxy) is 2. The number of amides is 1. The van der Waals surface area contributed by atoms with E-state index in [9.17, 15) is 9.59 Å². The van der Waals surface area contributed by atoms with Crippen LogP contribution in [0.25, 0.3) is 0 Å². The first-order valence-corrected chi connectivity index (χ1v) is 8.30. The van der Waals surface area contributed by atoms with Crippen molar-refractivity contribution in [2.45, 2.75) is 26.0 Å². The van der Waals surface area contributed by atoms with E-state index in [1.165, 1.54) is 21.7 Å². The lowest BCUT2D eigenvalue weighted by molar-refractivity contribution is 0.0515. The van der Waals surface area contributed by atoms with Crippen LogP contribution in [0, 0.1) is 0 Å². The summed E-state index contributed by atoms with van der Waals surface area (Å²) in [6.07, 6.45) is 0.512. The van der Waals surface area contributed by atoms with Crippen LogP contribution in [0.5, 0.6) is 11.5 Å². The van der Waals surface area contributed by atoms with Crippen molar-refractivity contribution in [3.8, 4) is 11.5 Å². The first-order chi connectivity index (χ1) is 12.1. The number of hydrogen-bond donors (Lipinski definition) is 0. The third-order valence-corrected chi connectivity index (χ3v) is 3.91. The van der Waals surface area contributed by atoms with Crippen LogP contribution in [0.1, 0.15) is 23.8 Å². The first kappa shape index (κ1) is 17.0. The average molecular weight is 343 g/mol. The number of aromatic nitrogens is 2. The lowest BCUT2D eigenvalue weighted by atomic mass is 10.2. The topological polar surface area (TPSA) is 73.7 Å². The molecule has 0 unspecified atom stereocenters. The Kier molecular flexibility index (Phi) is 5.02. The van der Waals surface area contributed by atoms with Gasteiger partial charge in [-0.2, -0.15) is 5.10 Å². The quantitative estimate of drug-likeness (QED) is 0.824. The zero-order chi connectivity index (χ0) is 17.8. The van der Waals surface area contributed by atoms with E-state index >= 15 is 0 Å². The van der Waals surface area contributed by atoms with E-state index in [1.807, 2.05) is 31.2 Å². The molecular formula is C18H21N3O4. The van der Waals surface area contributed by atoms with E-state index in [4.69, 9.17) is 9.47 Å². The highest BCUT2D eigenvalue weighted by Gasteiger charge is 2.24. The molecule has 0 N–H and O–H groups in total. The molecule has 132 valence electrons. The molecule has 7 nitrogen and oxygen atoms in total. The number of nitrogens with zero attached hydrogens (tertiary/aromatic N) is 3. The van der Waals surface area contributed by atoms with Crippen LogP contribution in [0.2, 0.25) is 0 Å². The number of benzene rings is 1. The van der Waals surface area contributed by atoms with E-state index < -0.39 is 0 Å². The van der Waals surface area contributed by atoms with Gasteiger partial charge in [0.1, 0.15) is 12.3 Å². The van der Waals surface area contributed by atoms with Crippen LogP contribution in [0.4, 0.5) is 0 Å². The Balaban J connectivity index is 1.67. The number of rotatable bonds is 5. The molecule has 1 amide bonds. The van der Waals surface area contributed by atoms with E-state index in [0.29, 0.717) is 31.2 Å². The SMILES string of the molecule is CCCn1nc(C(=O)N(C)C[C@@H]2COc3ccccc3O2)ccc1=O. The number of para-hydroxylation sites is 2. The van der Waals surface area contributed by atoms with Gasteiger partial charge in [-0.3, -0.25) is 9.59 Å². The Morgan fingerprint density at radius 2 is 2.04 bits per heavy atom. The van der Waals surface area contributed by atoms with Gasteiger partial charge < -0.3 is 14.4 Å². The van der Waals surface area contributed by atoms with Gasteiger partial charge in [-0.05, 0) is 24.6 Å². The molecule has 2 heterocycles. The second kappa shape index (κ2) is 7.38. The average Bonchev–Trinajstić information content (AvgIpc) is 2.63. The van der Waals surface area contributed by atoms with Gasteiger partial charge in [-0.25, -0.2) is 4.68 Å². The monoisotopic (exact) mass is 343 g/mol. The van der Waals surface area contributed by atoms with Crippen LogP contribution in [0.3, 0.4) is 0 Å². The fraction of sp³-hybridized carbons (Fsp3) is 0.389. The summed E-state index contributed by atoms with van der Waals surface area (Å²) in [5.41, 5.74) is 0.0364. The van der Waals surface area contributed by atoms with E-state index in [0.717, 1.165) is 6.42 Å². The summed E-state index contributed by atoms with van der Waals surface area (Å²) in [5.74, 6) is 1.13. The van der Waals surface area contributed by atoms with E-state index in [2.05, 4.69) is 5.10 Å². The summed E-state index contributed by atoms with van der Waals surface area (Å²) in [6, 6.07) is 10.3. The molecule has 1 aromatic heterocycles. The molecule has 1 aliphatic rings. The highest BCUT2D eigenvalue weighted by Crippen LogP contribution is 2.30. The lowest BCUT2D eigenvalue weighted by Gasteiger charge is -2.29. The molecule has 25 heavy (non-hydrogen) atoms. The maximum atomic E-state index is 12.6. The summed E-state index contributed by atoms with van der Waals surface area (Å²) in [6.45, 7) is 3.17. The van der Waals surface area contributed by atoms with Gasteiger partial charge in [0.15, 0.2) is 17.6 Å². The molecule has 0 spiro atoms. The third kappa shape index (κ3) is 3.81. The van der Waals surface area contributed by atoms with E-state index in [-0.39, 0.29) is 23.3 Å². The van der Waals surface area contributed by atoms with Gasteiger partial charge >= 0.3 is 0 Å². The summed E-state index contributed by atoms with van der Waals surface area (Å²) in [4.78, 5) is 25.8. The predicted octanol–water partition coefficient (Wildman–Crippen LogP) is 1.57. The van der Waals surface area contributed by atoms with Gasteiger partial charge in [0.25, 0.3) is 11.5 Å². The van der Waals surface area contributed by atoms with Gasteiger partial charge in [0.05, 0.1) is 6.54 Å². The van der Waals surface area contributed by atoms with Gasteiger partial charge in [0, 0.05) is 19.7 Å². The van der Waals surface area contributed by atoms with Crippen LogP contribution in [-0.4, -0.2) is 46.9 Å². The van der Waals surface area contributed by atoms with Crippen LogP contribution in [-0.2, 0) is 6.54 Å². The van der Waals surface area contributed by atoms with Crippen molar-refractivity contribution in [2.75, 3.05) is 20.2 Å².